The number of nitrogens with zero attached hydrogens (tertiary/aromatic N) is 6. The molecule has 2 amide bonds. The third kappa shape index (κ3) is 6.28. The van der Waals surface area contributed by atoms with Gasteiger partial charge in [0.2, 0.25) is 11.8 Å². The van der Waals surface area contributed by atoms with Crippen LogP contribution in [-0.2, 0) is 32.2 Å². The van der Waals surface area contributed by atoms with Crippen molar-refractivity contribution >= 4 is 11.8 Å². The van der Waals surface area contributed by atoms with Gasteiger partial charge >= 0.3 is 0 Å². The van der Waals surface area contributed by atoms with Crippen LogP contribution in [0.1, 0.15) is 30.3 Å². The summed E-state index contributed by atoms with van der Waals surface area (Å²) >= 11 is 0. The minimum atomic E-state index is -1.60. The van der Waals surface area contributed by atoms with E-state index < -0.39 is 86.3 Å². The number of hydrogen-bond donors (Lipinski definition) is 10. The Morgan fingerprint density at radius 3 is 1.47 bits per heavy atom. The van der Waals surface area contributed by atoms with Gasteiger partial charge in [0.1, 0.15) is 60.2 Å². The highest BCUT2D eigenvalue weighted by Crippen LogP contribution is 2.48. The maximum absolute atomic E-state index is 13.4. The lowest BCUT2D eigenvalue weighted by molar-refractivity contribution is -0.254. The lowest BCUT2D eigenvalue weighted by Gasteiger charge is -2.39. The first kappa shape index (κ1) is 33.5. The molecule has 14 atom stereocenters. The molecule has 2 aromatic rings. The van der Waals surface area contributed by atoms with Crippen LogP contribution in [0.4, 0.5) is 0 Å². The monoisotopic (exact) mass is 666 g/mol. The smallest absolute Gasteiger partial charge is 0.224 e. The van der Waals surface area contributed by atoms with E-state index in [1.807, 2.05) is 12.2 Å². The molecule has 0 radical (unpaired) electrons. The Balaban J connectivity index is 1.05. The number of allylic oxidation sites excluding steroid dienone is 2. The van der Waals surface area contributed by atoms with Crippen molar-refractivity contribution in [1.82, 2.24) is 40.6 Å². The summed E-state index contributed by atoms with van der Waals surface area (Å²) in [5.41, 5.74) is 0.579. The average molecular weight is 667 g/mol. The van der Waals surface area contributed by atoms with Gasteiger partial charge in [0, 0.05) is 0 Å². The number of aromatic nitrogens is 6. The number of rotatable bonds is 10. The maximum Gasteiger partial charge on any atom is 0.224 e. The van der Waals surface area contributed by atoms with Crippen molar-refractivity contribution in [2.45, 2.75) is 80.8 Å². The van der Waals surface area contributed by atoms with E-state index in [0.717, 1.165) is 9.36 Å². The molecule has 3 fully saturated rings. The Hall–Kier alpha value is -3.44. The predicted octanol–water partition coefficient (Wildman–Crippen LogP) is -5.81. The quantitative estimate of drug-likeness (QED) is 0.106. The Morgan fingerprint density at radius 1 is 0.681 bits per heavy atom. The van der Waals surface area contributed by atoms with Crippen LogP contribution >= 0.6 is 0 Å². The number of fused-ring (bicyclic) bond motifs is 2. The zero-order chi connectivity index (χ0) is 33.6. The lowest BCUT2D eigenvalue weighted by atomic mass is 9.81. The normalized spacial score (nSPS) is 39.7. The summed E-state index contributed by atoms with van der Waals surface area (Å²) in [6.45, 7) is -1.34. The number of aliphatic hydroxyl groups is 8. The zero-order valence-electron chi connectivity index (χ0n) is 24.8. The summed E-state index contributed by atoms with van der Waals surface area (Å²) in [5.74, 6) is -2.42. The van der Waals surface area contributed by atoms with E-state index in [0.29, 0.717) is 6.42 Å². The summed E-state index contributed by atoms with van der Waals surface area (Å²) in [7, 11) is 0. The SMILES string of the molecule is O=C(NCc1cn([C@@H]2O[C@H](CO)[C@H](O)[C@H](O)[C@H]2O)nn1)[C@H]1[C@H](C(=O)NCc2cn([C@@H]3O[C@H](CO)[C@H](O)[C@H](O)[C@H]3O)nn2)[C@H]2C=C[C@@H]1C2. The predicted molar refractivity (Wildman–Crippen MR) is 149 cm³/mol. The minimum absolute atomic E-state index is 0.0662. The Kier molecular flexibility index (Phi) is 9.67. The molecular formula is C27H38N8O12. The van der Waals surface area contributed by atoms with Crippen molar-refractivity contribution < 1.29 is 59.9 Å². The van der Waals surface area contributed by atoms with E-state index in [4.69, 9.17) is 9.47 Å². The van der Waals surface area contributed by atoms with Crippen LogP contribution in [0.5, 0.6) is 0 Å². The molecule has 6 rings (SSSR count). The number of carbonyl (C=O) groups is 2. The second kappa shape index (κ2) is 13.6. The Morgan fingerprint density at radius 2 is 1.09 bits per heavy atom. The fourth-order valence-corrected chi connectivity index (χ4v) is 6.77. The van der Waals surface area contributed by atoms with Gasteiger partial charge in [-0.1, -0.05) is 22.6 Å². The Bertz CT molecular complexity index is 1350. The summed E-state index contributed by atoms with van der Waals surface area (Å²) in [6.07, 6.45) is -6.90. The van der Waals surface area contributed by atoms with Crippen molar-refractivity contribution in [3.63, 3.8) is 0 Å². The summed E-state index contributed by atoms with van der Waals surface area (Å²) in [6, 6.07) is 0. The molecule has 2 aromatic heterocycles. The van der Waals surface area contributed by atoms with E-state index in [9.17, 15) is 50.4 Å². The number of hydrogen-bond acceptors (Lipinski definition) is 16. The van der Waals surface area contributed by atoms with Crippen LogP contribution in [0.3, 0.4) is 0 Å². The van der Waals surface area contributed by atoms with Crippen molar-refractivity contribution in [3.8, 4) is 0 Å². The largest absolute Gasteiger partial charge is 0.394 e. The molecule has 0 aromatic carbocycles. The molecule has 10 N–H and O–H groups in total. The highest BCUT2D eigenvalue weighted by atomic mass is 16.6. The molecule has 20 heteroatoms. The standard InChI is InChI=1S/C27H38N8O12/c36-8-14-18(38)20(40)22(42)26(46-14)34-6-12(30-32-34)4-28-24(44)16-10-1-2-11(3-10)17(16)25(45)29-5-13-7-35(33-31-13)27-23(43)21(41)19(39)15(9-37)47-27/h1-2,6-7,10-11,14-23,26-27,36-43H,3-5,8-9H2,(H,28,44)(H,29,45)/t10-,11+,14-,15-,16-,17-,18+,19+,20+,21+,22-,23-,26-,27-/m1/s1. The van der Waals surface area contributed by atoms with Crippen molar-refractivity contribution in [2.75, 3.05) is 13.2 Å². The molecule has 4 aliphatic rings. The van der Waals surface area contributed by atoms with Gasteiger partial charge in [0.15, 0.2) is 12.5 Å². The molecule has 2 aliphatic carbocycles. The molecule has 2 aliphatic heterocycles. The first-order valence-corrected chi connectivity index (χ1v) is 15.2. The van der Waals surface area contributed by atoms with Gasteiger partial charge in [-0.3, -0.25) is 9.59 Å². The number of ether oxygens (including phenoxy) is 2. The lowest BCUT2D eigenvalue weighted by Crippen LogP contribution is -2.56. The van der Waals surface area contributed by atoms with Crippen molar-refractivity contribution in [3.05, 3.63) is 35.9 Å². The molecular weight excluding hydrogens is 628 g/mol. The van der Waals surface area contributed by atoms with Gasteiger partial charge in [-0.2, -0.15) is 0 Å². The molecule has 4 heterocycles. The highest BCUT2D eigenvalue weighted by molar-refractivity contribution is 5.89. The van der Waals surface area contributed by atoms with Crippen LogP contribution in [0, 0.1) is 23.7 Å². The topological polar surface area (TPSA) is 300 Å². The summed E-state index contributed by atoms with van der Waals surface area (Å²) in [4.78, 5) is 26.8. The zero-order valence-corrected chi connectivity index (χ0v) is 24.8. The Labute approximate surface area is 266 Å². The second-order valence-corrected chi connectivity index (χ2v) is 12.3. The molecule has 2 bridgehead atoms. The van der Waals surface area contributed by atoms with Crippen LogP contribution in [0.2, 0.25) is 0 Å². The van der Waals surface area contributed by atoms with E-state index in [-0.39, 0.29) is 48.1 Å². The number of amides is 2. The van der Waals surface area contributed by atoms with Gasteiger partial charge in [-0.05, 0) is 18.3 Å². The minimum Gasteiger partial charge on any atom is -0.394 e. The van der Waals surface area contributed by atoms with Crippen LogP contribution in [0.15, 0.2) is 24.5 Å². The fraction of sp³-hybridized carbons (Fsp3) is 0.704. The van der Waals surface area contributed by atoms with Crippen LogP contribution in [0.25, 0.3) is 0 Å². The van der Waals surface area contributed by atoms with Gasteiger partial charge in [-0.15, -0.1) is 10.2 Å². The third-order valence-electron chi connectivity index (χ3n) is 9.32. The molecule has 1 saturated carbocycles. The van der Waals surface area contributed by atoms with Crippen LogP contribution < -0.4 is 10.6 Å². The molecule has 2 saturated heterocycles. The highest BCUT2D eigenvalue weighted by Gasteiger charge is 2.51. The van der Waals surface area contributed by atoms with Crippen molar-refractivity contribution in [1.29, 1.82) is 0 Å². The fourth-order valence-electron chi connectivity index (χ4n) is 6.77. The average Bonchev–Trinajstić information content (AvgIpc) is 3.89. The van der Waals surface area contributed by atoms with Gasteiger partial charge in [-0.25, -0.2) is 9.36 Å². The number of aliphatic hydroxyl groups excluding tert-OH is 8. The molecule has 20 nitrogen and oxygen atoms in total. The van der Waals surface area contributed by atoms with Gasteiger partial charge in [0.25, 0.3) is 0 Å². The molecule has 0 unspecified atom stereocenters. The van der Waals surface area contributed by atoms with Crippen molar-refractivity contribution in [2.24, 2.45) is 23.7 Å². The summed E-state index contributed by atoms with van der Waals surface area (Å²) in [5, 5.41) is 101. The second-order valence-electron chi connectivity index (χ2n) is 12.3. The molecule has 258 valence electrons. The third-order valence-corrected chi connectivity index (χ3v) is 9.32. The van der Waals surface area contributed by atoms with E-state index in [1.54, 1.807) is 0 Å². The summed E-state index contributed by atoms with van der Waals surface area (Å²) < 4.78 is 13.2. The van der Waals surface area contributed by atoms with E-state index >= 15 is 0 Å². The first-order chi connectivity index (χ1) is 22.5. The van der Waals surface area contributed by atoms with Gasteiger partial charge in [0.05, 0.1) is 50.5 Å². The number of nitrogens with one attached hydrogen (secondary N) is 2. The van der Waals surface area contributed by atoms with Crippen LogP contribution in [-0.4, -0.2) is 145 Å². The maximum atomic E-state index is 13.4. The molecule has 47 heavy (non-hydrogen) atoms. The van der Waals surface area contributed by atoms with E-state index in [2.05, 4.69) is 31.3 Å². The van der Waals surface area contributed by atoms with Gasteiger partial charge < -0.3 is 61.0 Å². The molecule has 0 spiro atoms. The number of carbonyl (C=O) groups excluding carboxylic acids is 2. The van der Waals surface area contributed by atoms with E-state index in [1.165, 1.54) is 12.4 Å². The first-order valence-electron chi connectivity index (χ1n) is 15.2.